The largest absolute Gasteiger partial charge is 0.493 e. The Morgan fingerprint density at radius 1 is 1.10 bits per heavy atom. The van der Waals surface area contributed by atoms with E-state index in [1.54, 1.807) is 43.4 Å². The Morgan fingerprint density at radius 2 is 1.83 bits per heavy atom. The Labute approximate surface area is 179 Å². The lowest BCUT2D eigenvalue weighted by Crippen LogP contribution is -2.30. The molecule has 0 bridgehead atoms. The van der Waals surface area contributed by atoms with Crippen molar-refractivity contribution in [3.63, 3.8) is 0 Å². The summed E-state index contributed by atoms with van der Waals surface area (Å²) < 4.78 is 16.7. The summed E-state index contributed by atoms with van der Waals surface area (Å²) in [4.78, 5) is 28.4. The summed E-state index contributed by atoms with van der Waals surface area (Å²) in [7, 11) is 3.10. The van der Waals surface area contributed by atoms with Crippen molar-refractivity contribution in [2.45, 2.75) is 26.3 Å². The van der Waals surface area contributed by atoms with Crippen molar-refractivity contribution in [3.05, 3.63) is 68.0 Å². The molecule has 1 atom stereocenters. The van der Waals surface area contributed by atoms with Crippen LogP contribution in [0.4, 0.5) is 0 Å². The number of benzene rings is 2. The first-order valence-electron chi connectivity index (χ1n) is 9.71. The van der Waals surface area contributed by atoms with Gasteiger partial charge in [0.1, 0.15) is 5.58 Å². The predicted molar refractivity (Wildman–Crippen MR) is 115 cm³/mol. The molecule has 0 saturated carbocycles. The van der Waals surface area contributed by atoms with E-state index in [0.29, 0.717) is 39.6 Å². The summed E-state index contributed by atoms with van der Waals surface area (Å²) in [5.74, 6) is 0.887. The van der Waals surface area contributed by atoms with Crippen molar-refractivity contribution in [3.8, 4) is 11.5 Å². The third-order valence-electron chi connectivity index (χ3n) is 5.43. The lowest BCUT2D eigenvalue weighted by molar-refractivity contribution is 0.0728. The molecular weight excluding hydrogens is 406 g/mol. The molecule has 2 aromatic carbocycles. The van der Waals surface area contributed by atoms with Crippen LogP contribution in [0.25, 0.3) is 11.0 Å². The van der Waals surface area contributed by atoms with Gasteiger partial charge in [0.15, 0.2) is 16.9 Å². The Hall–Kier alpha value is -2.99. The molecule has 0 spiro atoms. The fourth-order valence-corrected chi connectivity index (χ4v) is 4.15. The van der Waals surface area contributed by atoms with Crippen LogP contribution in [0, 0.1) is 6.92 Å². The lowest BCUT2D eigenvalue weighted by atomic mass is 9.97. The smallest absolute Gasteiger partial charge is 0.290 e. The van der Waals surface area contributed by atoms with Crippen molar-refractivity contribution < 1.29 is 18.7 Å². The van der Waals surface area contributed by atoms with Gasteiger partial charge in [-0.15, -0.1) is 0 Å². The standard InChI is InChI=1S/C23H22ClNO5/c1-5-8-25-20(13-6-7-16(28-3)18(10-13)29-4)19-21(26)14-11-15(24)12(2)9-17(14)30-22(19)23(25)27/h6-7,9-11,20H,5,8H2,1-4H3. The molecule has 4 rings (SSSR count). The highest BCUT2D eigenvalue weighted by Gasteiger charge is 2.42. The molecular formula is C23H22ClNO5. The number of methoxy groups -OCH3 is 2. The molecule has 0 radical (unpaired) electrons. The molecule has 2 heterocycles. The minimum atomic E-state index is -0.576. The SMILES string of the molecule is CCCN1C(=O)c2oc3cc(C)c(Cl)cc3c(=O)c2C1c1ccc(OC)c(OC)c1. The minimum absolute atomic E-state index is 0.0856. The molecule has 0 saturated heterocycles. The fraction of sp³-hybridized carbons (Fsp3) is 0.304. The monoisotopic (exact) mass is 427 g/mol. The topological polar surface area (TPSA) is 69.0 Å². The lowest BCUT2D eigenvalue weighted by Gasteiger charge is -2.25. The van der Waals surface area contributed by atoms with Crippen LogP contribution in [0.2, 0.25) is 5.02 Å². The molecule has 0 N–H and O–H groups in total. The number of rotatable bonds is 5. The summed E-state index contributed by atoms with van der Waals surface area (Å²) in [5.41, 5.74) is 1.96. The van der Waals surface area contributed by atoms with Crippen LogP contribution in [-0.4, -0.2) is 31.6 Å². The molecule has 1 amide bonds. The number of ether oxygens (including phenoxy) is 2. The Balaban J connectivity index is 2.00. The van der Waals surface area contributed by atoms with Gasteiger partial charge in [-0.1, -0.05) is 24.6 Å². The Morgan fingerprint density at radius 3 is 2.50 bits per heavy atom. The van der Waals surface area contributed by atoms with Crippen molar-refractivity contribution >= 4 is 28.5 Å². The maximum absolute atomic E-state index is 13.5. The van der Waals surface area contributed by atoms with Crippen molar-refractivity contribution in [1.29, 1.82) is 0 Å². The number of halogens is 1. The van der Waals surface area contributed by atoms with E-state index in [2.05, 4.69) is 0 Å². The number of aryl methyl sites for hydroxylation is 1. The third kappa shape index (κ3) is 3.03. The zero-order valence-electron chi connectivity index (χ0n) is 17.2. The molecule has 7 heteroatoms. The maximum Gasteiger partial charge on any atom is 0.290 e. The van der Waals surface area contributed by atoms with E-state index in [-0.39, 0.29) is 17.1 Å². The van der Waals surface area contributed by atoms with E-state index in [4.69, 9.17) is 25.5 Å². The molecule has 1 unspecified atom stereocenters. The minimum Gasteiger partial charge on any atom is -0.493 e. The van der Waals surface area contributed by atoms with Crippen LogP contribution in [0.1, 0.15) is 46.6 Å². The van der Waals surface area contributed by atoms with Gasteiger partial charge in [-0.3, -0.25) is 9.59 Å². The highest BCUT2D eigenvalue weighted by Crippen LogP contribution is 2.41. The van der Waals surface area contributed by atoms with Crippen LogP contribution in [0.3, 0.4) is 0 Å². The number of fused-ring (bicyclic) bond motifs is 2. The van der Waals surface area contributed by atoms with Crippen molar-refractivity contribution in [2.24, 2.45) is 0 Å². The normalized spacial score (nSPS) is 15.6. The van der Waals surface area contributed by atoms with E-state index in [9.17, 15) is 9.59 Å². The third-order valence-corrected chi connectivity index (χ3v) is 5.84. The van der Waals surface area contributed by atoms with Gasteiger partial charge in [0.2, 0.25) is 5.76 Å². The van der Waals surface area contributed by atoms with Crippen molar-refractivity contribution in [1.82, 2.24) is 4.90 Å². The summed E-state index contributed by atoms with van der Waals surface area (Å²) in [6.07, 6.45) is 0.738. The van der Waals surface area contributed by atoms with Gasteiger partial charge in [0, 0.05) is 11.6 Å². The van der Waals surface area contributed by atoms with E-state index in [1.807, 2.05) is 19.9 Å². The van der Waals surface area contributed by atoms with Crippen LogP contribution >= 0.6 is 11.6 Å². The predicted octanol–water partition coefficient (Wildman–Crippen LogP) is 4.73. The molecule has 30 heavy (non-hydrogen) atoms. The number of carbonyl (C=O) groups excluding carboxylic acids is 1. The molecule has 0 aliphatic carbocycles. The second kappa shape index (κ2) is 7.69. The highest BCUT2D eigenvalue weighted by molar-refractivity contribution is 6.32. The molecule has 1 aliphatic heterocycles. The fourth-order valence-electron chi connectivity index (χ4n) is 3.98. The second-order valence-electron chi connectivity index (χ2n) is 7.29. The van der Waals surface area contributed by atoms with Gasteiger partial charge >= 0.3 is 0 Å². The maximum atomic E-state index is 13.5. The van der Waals surface area contributed by atoms with Crippen LogP contribution in [-0.2, 0) is 0 Å². The number of hydrogen-bond acceptors (Lipinski definition) is 5. The van der Waals surface area contributed by atoms with E-state index >= 15 is 0 Å². The van der Waals surface area contributed by atoms with Crippen molar-refractivity contribution in [2.75, 3.05) is 20.8 Å². The van der Waals surface area contributed by atoms with Crippen LogP contribution in [0.5, 0.6) is 11.5 Å². The zero-order valence-corrected chi connectivity index (χ0v) is 18.0. The van der Waals surface area contributed by atoms with E-state index < -0.39 is 6.04 Å². The number of carbonyl (C=O) groups is 1. The molecule has 6 nitrogen and oxygen atoms in total. The number of nitrogens with zero attached hydrogens (tertiary/aromatic N) is 1. The Kier molecular flexibility index (Phi) is 5.20. The van der Waals surface area contributed by atoms with Gasteiger partial charge in [-0.2, -0.15) is 0 Å². The first kappa shape index (κ1) is 20.3. The summed E-state index contributed by atoms with van der Waals surface area (Å²) in [6, 6.07) is 8.12. The van der Waals surface area contributed by atoms with Gasteiger partial charge in [0.25, 0.3) is 5.91 Å². The molecule has 0 fully saturated rings. The first-order valence-corrected chi connectivity index (χ1v) is 10.1. The average molecular weight is 428 g/mol. The number of hydrogen-bond donors (Lipinski definition) is 0. The average Bonchev–Trinajstić information content (AvgIpc) is 3.01. The zero-order chi connectivity index (χ0) is 21.6. The quantitative estimate of drug-likeness (QED) is 0.589. The van der Waals surface area contributed by atoms with Gasteiger partial charge < -0.3 is 18.8 Å². The highest BCUT2D eigenvalue weighted by atomic mass is 35.5. The number of amides is 1. The molecule has 156 valence electrons. The van der Waals surface area contributed by atoms with Crippen LogP contribution < -0.4 is 14.9 Å². The molecule has 1 aliphatic rings. The van der Waals surface area contributed by atoms with E-state index in [1.165, 1.54) is 0 Å². The Bertz CT molecular complexity index is 1220. The molecule has 3 aromatic rings. The summed E-state index contributed by atoms with van der Waals surface area (Å²) in [6.45, 7) is 4.29. The van der Waals surface area contributed by atoms with Gasteiger partial charge in [-0.25, -0.2) is 0 Å². The summed E-state index contributed by atoms with van der Waals surface area (Å²) in [5, 5.41) is 0.841. The first-order chi connectivity index (χ1) is 14.4. The summed E-state index contributed by atoms with van der Waals surface area (Å²) >= 11 is 6.26. The van der Waals surface area contributed by atoms with Gasteiger partial charge in [-0.05, 0) is 48.7 Å². The van der Waals surface area contributed by atoms with Crippen LogP contribution in [0.15, 0.2) is 39.5 Å². The van der Waals surface area contributed by atoms with E-state index in [0.717, 1.165) is 17.5 Å². The molecule has 1 aromatic heterocycles. The second-order valence-corrected chi connectivity index (χ2v) is 7.69. The van der Waals surface area contributed by atoms with Gasteiger partial charge in [0.05, 0.1) is 31.2 Å².